The maximum absolute atomic E-state index is 12.1. The van der Waals surface area contributed by atoms with Crippen LogP contribution in [0.5, 0.6) is 0 Å². The number of nitrogens with one attached hydrogen (secondary N) is 1. The van der Waals surface area contributed by atoms with E-state index in [1.807, 2.05) is 0 Å². The molecule has 0 saturated carbocycles. The van der Waals surface area contributed by atoms with E-state index in [1.165, 1.54) is 24.3 Å². The lowest BCUT2D eigenvalue weighted by molar-refractivity contribution is -0.384. The molecule has 1 N–H and O–H groups in total. The topological polar surface area (TPSA) is 115 Å². The monoisotopic (exact) mass is 393 g/mol. The summed E-state index contributed by atoms with van der Waals surface area (Å²) in [5.74, 6) is -0.785. The number of carbonyl (C=O) groups is 1. The highest BCUT2D eigenvalue weighted by molar-refractivity contribution is 6.33. The third kappa shape index (κ3) is 3.66. The Morgan fingerprint density at radius 3 is 2.73 bits per heavy atom. The molecule has 3 aromatic rings. The largest absolute Gasteiger partial charge is 0.454 e. The third-order valence-corrected chi connectivity index (χ3v) is 4.00. The molecule has 1 heterocycles. The zero-order chi connectivity index (χ0) is 18.8. The summed E-state index contributed by atoms with van der Waals surface area (Å²) >= 11 is 11.8. The van der Waals surface area contributed by atoms with Gasteiger partial charge in [0.05, 0.1) is 26.4 Å². The molecule has 0 unspecified atom stereocenters. The summed E-state index contributed by atoms with van der Waals surface area (Å²) in [6, 6.07) is 8.02. The number of hydrogen-bond donors (Lipinski definition) is 1. The van der Waals surface area contributed by atoms with E-state index in [0.29, 0.717) is 15.9 Å². The van der Waals surface area contributed by atoms with Crippen LogP contribution >= 0.6 is 23.2 Å². The zero-order valence-corrected chi connectivity index (χ0v) is 14.4. The number of fused-ring (bicyclic) bond motifs is 1. The highest BCUT2D eigenvalue weighted by atomic mass is 35.5. The van der Waals surface area contributed by atoms with E-state index >= 15 is 0 Å². The van der Waals surface area contributed by atoms with Crippen molar-refractivity contribution in [2.45, 2.75) is 6.61 Å². The van der Waals surface area contributed by atoms with Crippen molar-refractivity contribution in [3.05, 3.63) is 78.3 Å². The number of H-pyrrole nitrogens is 1. The number of nitro groups is 1. The van der Waals surface area contributed by atoms with Gasteiger partial charge in [-0.15, -0.1) is 0 Å². The molecule has 0 aliphatic rings. The van der Waals surface area contributed by atoms with Gasteiger partial charge in [-0.05, 0) is 24.3 Å². The summed E-state index contributed by atoms with van der Waals surface area (Å²) in [7, 11) is 0. The number of nitrogens with zero attached hydrogens (tertiary/aromatic N) is 2. The third-order valence-electron chi connectivity index (χ3n) is 3.44. The smallest absolute Gasteiger partial charge is 0.340 e. The molecule has 0 spiro atoms. The van der Waals surface area contributed by atoms with Gasteiger partial charge in [0, 0.05) is 17.2 Å². The Morgan fingerprint density at radius 1 is 1.23 bits per heavy atom. The summed E-state index contributed by atoms with van der Waals surface area (Å²) in [6.07, 6.45) is 0. The van der Waals surface area contributed by atoms with Crippen molar-refractivity contribution >= 4 is 45.8 Å². The Balaban J connectivity index is 1.84. The van der Waals surface area contributed by atoms with Crippen molar-refractivity contribution in [3.8, 4) is 0 Å². The predicted molar refractivity (Wildman–Crippen MR) is 94.6 cm³/mol. The second-order valence-corrected chi connectivity index (χ2v) is 6.02. The Kier molecular flexibility index (Phi) is 4.88. The van der Waals surface area contributed by atoms with Crippen LogP contribution in [0.3, 0.4) is 0 Å². The molecule has 132 valence electrons. The van der Waals surface area contributed by atoms with E-state index in [-0.39, 0.29) is 28.7 Å². The zero-order valence-electron chi connectivity index (χ0n) is 12.9. The standard InChI is InChI=1S/C16H9Cl2N3O5/c17-8-1-3-10-13(5-8)19-14(20-15(10)22)7-26-16(23)11-6-9(21(24)25)2-4-12(11)18/h1-6H,7H2,(H,19,20,22). The second kappa shape index (κ2) is 7.11. The molecule has 0 atom stereocenters. The molecule has 3 rings (SSSR count). The highest BCUT2D eigenvalue weighted by Crippen LogP contribution is 2.23. The number of non-ortho nitro benzene ring substituents is 1. The van der Waals surface area contributed by atoms with Gasteiger partial charge in [0.2, 0.25) is 0 Å². The maximum Gasteiger partial charge on any atom is 0.340 e. The second-order valence-electron chi connectivity index (χ2n) is 5.17. The fourth-order valence-corrected chi connectivity index (χ4v) is 2.59. The highest BCUT2D eigenvalue weighted by Gasteiger charge is 2.17. The van der Waals surface area contributed by atoms with Crippen LogP contribution in [0.2, 0.25) is 10.0 Å². The minimum Gasteiger partial charge on any atom is -0.454 e. The van der Waals surface area contributed by atoms with Gasteiger partial charge in [-0.2, -0.15) is 0 Å². The molecular formula is C16H9Cl2N3O5. The molecule has 1 aromatic heterocycles. The number of aromatic nitrogens is 2. The molecule has 0 fully saturated rings. The molecule has 8 nitrogen and oxygen atoms in total. The number of ether oxygens (including phenoxy) is 1. The summed E-state index contributed by atoms with van der Waals surface area (Å²) in [5, 5.41) is 11.6. The predicted octanol–water partition coefficient (Wildman–Crippen LogP) is 3.50. The van der Waals surface area contributed by atoms with Gasteiger partial charge >= 0.3 is 5.97 Å². The number of benzene rings is 2. The number of rotatable bonds is 4. The lowest BCUT2D eigenvalue weighted by atomic mass is 10.2. The Bertz CT molecular complexity index is 1100. The van der Waals surface area contributed by atoms with E-state index < -0.39 is 16.5 Å². The van der Waals surface area contributed by atoms with E-state index in [2.05, 4.69) is 9.97 Å². The first kappa shape index (κ1) is 17.8. The average Bonchev–Trinajstić information content (AvgIpc) is 2.59. The first-order valence-corrected chi connectivity index (χ1v) is 7.90. The van der Waals surface area contributed by atoms with Gasteiger partial charge < -0.3 is 9.72 Å². The quantitative estimate of drug-likeness (QED) is 0.412. The average molecular weight is 394 g/mol. The number of nitro benzene ring substituents is 1. The number of aromatic amines is 1. The van der Waals surface area contributed by atoms with Crippen LogP contribution in [-0.2, 0) is 11.3 Å². The Labute approximate surface area is 155 Å². The molecular weight excluding hydrogens is 385 g/mol. The summed E-state index contributed by atoms with van der Waals surface area (Å²) in [4.78, 5) is 41.0. The molecule has 0 aliphatic heterocycles. The van der Waals surface area contributed by atoms with Crippen LogP contribution in [0.1, 0.15) is 16.2 Å². The van der Waals surface area contributed by atoms with Crippen LogP contribution in [0, 0.1) is 10.1 Å². The van der Waals surface area contributed by atoms with Crippen LogP contribution < -0.4 is 5.56 Å². The fourth-order valence-electron chi connectivity index (χ4n) is 2.22. The molecule has 0 amide bonds. The van der Waals surface area contributed by atoms with Crippen molar-refractivity contribution in [1.29, 1.82) is 0 Å². The first-order chi connectivity index (χ1) is 12.3. The van der Waals surface area contributed by atoms with Crippen LogP contribution in [0.4, 0.5) is 5.69 Å². The molecule has 2 aromatic carbocycles. The maximum atomic E-state index is 12.1. The summed E-state index contributed by atoms with van der Waals surface area (Å²) in [5.41, 5.74) is -0.521. The van der Waals surface area contributed by atoms with Gasteiger partial charge in [0.25, 0.3) is 11.2 Å². The number of hydrogen-bond acceptors (Lipinski definition) is 6. The Hall–Kier alpha value is -2.97. The van der Waals surface area contributed by atoms with Crippen molar-refractivity contribution < 1.29 is 14.5 Å². The number of halogens is 2. The van der Waals surface area contributed by atoms with E-state index in [4.69, 9.17) is 27.9 Å². The van der Waals surface area contributed by atoms with Gasteiger partial charge in [0.15, 0.2) is 0 Å². The fraction of sp³-hybridized carbons (Fsp3) is 0.0625. The van der Waals surface area contributed by atoms with Crippen molar-refractivity contribution in [1.82, 2.24) is 9.97 Å². The van der Waals surface area contributed by atoms with Gasteiger partial charge in [0.1, 0.15) is 12.4 Å². The van der Waals surface area contributed by atoms with Crippen molar-refractivity contribution in [3.63, 3.8) is 0 Å². The first-order valence-electron chi connectivity index (χ1n) is 7.14. The normalized spacial score (nSPS) is 10.7. The van der Waals surface area contributed by atoms with Crippen molar-refractivity contribution in [2.75, 3.05) is 0 Å². The number of carbonyl (C=O) groups excluding carboxylic acids is 1. The minimum atomic E-state index is -0.882. The minimum absolute atomic E-state index is 0.00680. The Morgan fingerprint density at radius 2 is 2.00 bits per heavy atom. The van der Waals surface area contributed by atoms with Crippen molar-refractivity contribution in [2.24, 2.45) is 0 Å². The number of esters is 1. The molecule has 0 aliphatic carbocycles. The van der Waals surface area contributed by atoms with Gasteiger partial charge in [-0.3, -0.25) is 14.9 Å². The SMILES string of the molecule is O=C(OCc1nc2cc(Cl)ccc2c(=O)[nH]1)c1cc([N+](=O)[O-])ccc1Cl. The van der Waals surface area contributed by atoms with Gasteiger partial charge in [-0.25, -0.2) is 9.78 Å². The van der Waals surface area contributed by atoms with E-state index in [0.717, 1.165) is 6.07 Å². The summed E-state index contributed by atoms with van der Waals surface area (Å²) < 4.78 is 5.05. The van der Waals surface area contributed by atoms with Crippen LogP contribution in [-0.4, -0.2) is 20.9 Å². The lowest BCUT2D eigenvalue weighted by Gasteiger charge is -2.07. The van der Waals surface area contributed by atoms with Crippen LogP contribution in [0.25, 0.3) is 10.9 Å². The molecule has 0 saturated heterocycles. The molecule has 10 heteroatoms. The van der Waals surface area contributed by atoms with Crippen LogP contribution in [0.15, 0.2) is 41.2 Å². The lowest BCUT2D eigenvalue weighted by Crippen LogP contribution is -2.14. The molecule has 26 heavy (non-hydrogen) atoms. The molecule has 0 bridgehead atoms. The van der Waals surface area contributed by atoms with E-state index in [1.54, 1.807) is 6.07 Å². The van der Waals surface area contributed by atoms with Gasteiger partial charge in [-0.1, -0.05) is 23.2 Å². The molecule has 0 radical (unpaired) electrons. The van der Waals surface area contributed by atoms with E-state index in [9.17, 15) is 19.7 Å². The summed E-state index contributed by atoms with van der Waals surface area (Å²) in [6.45, 7) is -0.352.